The molecule has 0 radical (unpaired) electrons. The molecule has 3 N–H and O–H groups in total. The van der Waals surface area contributed by atoms with Gasteiger partial charge in [0.25, 0.3) is 0 Å². The number of epoxide rings is 1. The van der Waals surface area contributed by atoms with Crippen molar-refractivity contribution in [3.05, 3.63) is 60.8 Å². The van der Waals surface area contributed by atoms with Crippen molar-refractivity contribution in [2.24, 2.45) is 5.92 Å². The Kier molecular flexibility index (Phi) is 35.5. The predicted molar refractivity (Wildman–Crippen MR) is 241 cm³/mol. The maximum atomic E-state index is 12.6. The Balaban J connectivity index is 2.27. The summed E-state index contributed by atoms with van der Waals surface area (Å²) < 4.78 is 38.4. The van der Waals surface area contributed by atoms with Crippen LogP contribution in [0.2, 0.25) is 0 Å². The zero-order valence-corrected chi connectivity index (χ0v) is 38.4. The first-order chi connectivity index (χ1) is 29.1. The fraction of sp³-hybridized carbons (Fsp3) is 0.750. The first kappa shape index (κ1) is 55.6. The molecular weight excluding hydrogens is 783 g/mol. The van der Waals surface area contributed by atoms with Crippen molar-refractivity contribution in [2.45, 2.75) is 199 Å². The second-order valence-corrected chi connectivity index (χ2v) is 17.7. The Hall–Kier alpha value is -2.37. The van der Waals surface area contributed by atoms with Crippen LogP contribution in [0.25, 0.3) is 0 Å². The summed E-state index contributed by atoms with van der Waals surface area (Å²) in [7, 11) is -4.65. The van der Waals surface area contributed by atoms with Gasteiger partial charge < -0.3 is 29.3 Å². The summed E-state index contributed by atoms with van der Waals surface area (Å²) in [5.74, 6) is -0.207. The molecule has 0 saturated carbocycles. The average molecular weight is 867 g/mol. The fourth-order valence-electron chi connectivity index (χ4n) is 6.36. The van der Waals surface area contributed by atoms with E-state index < -0.39 is 51.8 Å². The van der Waals surface area contributed by atoms with Gasteiger partial charge in [-0.2, -0.15) is 0 Å². The van der Waals surface area contributed by atoms with E-state index in [0.717, 1.165) is 63.7 Å². The monoisotopic (exact) mass is 867 g/mol. The molecular formula is C48H83O11P. The standard InChI is InChI=1S/C48H83O11P/c1-4-5-28-34-45-46(59-45)35-30-25-21-17-13-10-11-15-19-23-27-32-37-48(52)58-44(41-57-60(53,54)56-39-43(50)38-49)40-55-47(51)36-31-26-22-18-14-9-7-6-8-12-16-20-24-29-33-42(2)3/h5,11,13,15,17,23,25,27-28,30,42-46,49-50H,4,6-10,12,14,16,18-22,24,26,29,31-41H2,1-3H3,(H,53,54)/b15-11-,17-13-,27-23-,28-5-,30-25-/t43-,44+,45?,46?/m0/s1. The Morgan fingerprint density at radius 3 is 1.65 bits per heavy atom. The normalized spacial score (nSPS) is 17.8. The van der Waals surface area contributed by atoms with Crippen LogP contribution < -0.4 is 0 Å². The van der Waals surface area contributed by atoms with Crippen LogP contribution in [0.3, 0.4) is 0 Å². The molecule has 12 heteroatoms. The number of ether oxygens (including phenoxy) is 3. The SMILES string of the molecule is CC/C=C\CC1OC1C/C=C\C/C=C\C/C=C\C/C=C\CCC(=O)O[C@H](COC(=O)CCCCCCCCCCCCCCCCC(C)C)COP(=O)(O)OC[C@@H](O)CO. The van der Waals surface area contributed by atoms with Gasteiger partial charge in [0.05, 0.1) is 32.0 Å². The third-order valence-electron chi connectivity index (χ3n) is 10.0. The van der Waals surface area contributed by atoms with E-state index in [9.17, 15) is 24.2 Å². The van der Waals surface area contributed by atoms with Crippen LogP contribution >= 0.6 is 7.82 Å². The Morgan fingerprint density at radius 2 is 1.12 bits per heavy atom. The number of hydrogen-bond acceptors (Lipinski definition) is 10. The molecule has 3 unspecified atom stereocenters. The van der Waals surface area contributed by atoms with Gasteiger partial charge in [0.2, 0.25) is 0 Å². The molecule has 1 heterocycles. The summed E-state index contributed by atoms with van der Waals surface area (Å²) in [5.41, 5.74) is 0. The minimum atomic E-state index is -4.65. The van der Waals surface area contributed by atoms with Crippen molar-refractivity contribution < 1.29 is 52.5 Å². The molecule has 0 aromatic heterocycles. The molecule has 1 aliphatic rings. The second-order valence-electron chi connectivity index (χ2n) is 16.3. The first-order valence-electron chi connectivity index (χ1n) is 23.2. The zero-order chi connectivity index (χ0) is 43.9. The summed E-state index contributed by atoms with van der Waals surface area (Å²) in [6.07, 6.45) is 43.9. The third kappa shape index (κ3) is 36.3. The molecule has 0 aromatic carbocycles. The lowest BCUT2D eigenvalue weighted by molar-refractivity contribution is -0.161. The average Bonchev–Trinajstić information content (AvgIpc) is 3.98. The number of esters is 2. The third-order valence-corrected chi connectivity index (χ3v) is 11.0. The number of unbranched alkanes of at least 4 members (excludes halogenated alkanes) is 13. The molecule has 60 heavy (non-hydrogen) atoms. The highest BCUT2D eigenvalue weighted by Gasteiger charge is 2.36. The molecule has 1 rings (SSSR count). The summed E-state index contributed by atoms with van der Waals surface area (Å²) in [5, 5.41) is 18.4. The van der Waals surface area contributed by atoms with Crippen molar-refractivity contribution >= 4 is 19.8 Å². The summed E-state index contributed by atoms with van der Waals surface area (Å²) in [6.45, 7) is 4.52. The number of phosphoric ester groups is 1. The Morgan fingerprint density at radius 1 is 0.633 bits per heavy atom. The van der Waals surface area contributed by atoms with E-state index in [4.69, 9.17) is 23.8 Å². The van der Waals surface area contributed by atoms with Crippen LogP contribution in [0, 0.1) is 5.92 Å². The largest absolute Gasteiger partial charge is 0.472 e. The predicted octanol–water partition coefficient (Wildman–Crippen LogP) is 11.5. The molecule has 0 amide bonds. The summed E-state index contributed by atoms with van der Waals surface area (Å²) in [6, 6.07) is 0. The van der Waals surface area contributed by atoms with Crippen LogP contribution in [-0.2, 0) is 37.4 Å². The Labute approximate surface area is 363 Å². The molecule has 0 bridgehead atoms. The van der Waals surface area contributed by atoms with E-state index in [-0.39, 0.29) is 19.4 Å². The lowest BCUT2D eigenvalue weighted by Crippen LogP contribution is -2.29. The van der Waals surface area contributed by atoms with Gasteiger partial charge in [-0.1, -0.05) is 171 Å². The number of aliphatic hydroxyl groups is 2. The van der Waals surface area contributed by atoms with Crippen molar-refractivity contribution in [3.8, 4) is 0 Å². The van der Waals surface area contributed by atoms with Gasteiger partial charge in [-0.25, -0.2) is 4.57 Å². The van der Waals surface area contributed by atoms with Crippen molar-refractivity contribution in [2.75, 3.05) is 26.4 Å². The highest BCUT2D eigenvalue weighted by Crippen LogP contribution is 2.43. The molecule has 0 aliphatic carbocycles. The van der Waals surface area contributed by atoms with Crippen LogP contribution in [0.1, 0.15) is 175 Å². The van der Waals surface area contributed by atoms with Gasteiger partial charge in [0.15, 0.2) is 6.10 Å². The molecule has 0 aromatic rings. The van der Waals surface area contributed by atoms with Crippen molar-refractivity contribution in [3.63, 3.8) is 0 Å². The maximum Gasteiger partial charge on any atom is 0.472 e. The number of carbonyl (C=O) groups excluding carboxylic acids is 2. The number of rotatable bonds is 41. The fourth-order valence-corrected chi connectivity index (χ4v) is 7.15. The van der Waals surface area contributed by atoms with Gasteiger partial charge in [-0.15, -0.1) is 0 Å². The lowest BCUT2D eigenvalue weighted by Gasteiger charge is -2.20. The van der Waals surface area contributed by atoms with Crippen LogP contribution in [0.4, 0.5) is 0 Å². The number of phosphoric acid groups is 1. The van der Waals surface area contributed by atoms with Gasteiger partial charge in [-0.3, -0.25) is 18.6 Å². The van der Waals surface area contributed by atoms with E-state index in [2.05, 4.69) is 73.9 Å². The van der Waals surface area contributed by atoms with Crippen molar-refractivity contribution in [1.29, 1.82) is 0 Å². The van der Waals surface area contributed by atoms with Gasteiger partial charge in [0, 0.05) is 12.8 Å². The van der Waals surface area contributed by atoms with Crippen molar-refractivity contribution in [1.82, 2.24) is 0 Å². The van der Waals surface area contributed by atoms with Crippen LogP contribution in [-0.4, -0.2) is 77.9 Å². The highest BCUT2D eigenvalue weighted by molar-refractivity contribution is 7.47. The van der Waals surface area contributed by atoms with Crippen LogP contribution in [0.15, 0.2) is 60.8 Å². The molecule has 1 aliphatic heterocycles. The smallest absolute Gasteiger partial charge is 0.462 e. The second kappa shape index (κ2) is 38.3. The van der Waals surface area contributed by atoms with E-state index in [1.54, 1.807) is 0 Å². The highest BCUT2D eigenvalue weighted by atomic mass is 31.2. The van der Waals surface area contributed by atoms with Gasteiger partial charge in [-0.05, 0) is 57.3 Å². The molecule has 11 nitrogen and oxygen atoms in total. The molecule has 346 valence electrons. The quantitative estimate of drug-likeness (QED) is 0.0176. The van der Waals surface area contributed by atoms with Gasteiger partial charge >= 0.3 is 19.8 Å². The Bertz CT molecular complexity index is 1260. The topological polar surface area (TPSA) is 161 Å². The molecule has 1 saturated heterocycles. The van der Waals surface area contributed by atoms with E-state index in [1.165, 1.54) is 70.6 Å². The minimum absolute atomic E-state index is 0.0546. The lowest BCUT2D eigenvalue weighted by atomic mass is 10.0. The molecule has 0 spiro atoms. The number of hydrogen-bond donors (Lipinski definition) is 3. The number of allylic oxidation sites excluding steroid dienone is 8. The van der Waals surface area contributed by atoms with Crippen LogP contribution in [0.5, 0.6) is 0 Å². The minimum Gasteiger partial charge on any atom is -0.462 e. The summed E-state index contributed by atoms with van der Waals surface area (Å²) >= 11 is 0. The van der Waals surface area contributed by atoms with E-state index >= 15 is 0 Å². The van der Waals surface area contributed by atoms with E-state index in [1.807, 2.05) is 12.2 Å². The number of carbonyl (C=O) groups is 2. The first-order valence-corrected chi connectivity index (χ1v) is 24.7. The number of aliphatic hydroxyl groups excluding tert-OH is 2. The maximum absolute atomic E-state index is 12.6. The molecule has 1 fully saturated rings. The van der Waals surface area contributed by atoms with E-state index in [0.29, 0.717) is 25.0 Å². The molecule has 5 atom stereocenters. The summed E-state index contributed by atoms with van der Waals surface area (Å²) in [4.78, 5) is 35.0. The zero-order valence-electron chi connectivity index (χ0n) is 37.5. The van der Waals surface area contributed by atoms with Gasteiger partial charge in [0.1, 0.15) is 12.7 Å².